The Labute approximate surface area is 149 Å². The Balaban J connectivity index is 1.89. The molecule has 1 amide bonds. The summed E-state index contributed by atoms with van der Waals surface area (Å²) in [6.07, 6.45) is 0.385. The maximum Gasteiger partial charge on any atom is 0.329 e. The Hall–Kier alpha value is -3.41. The van der Waals surface area contributed by atoms with Gasteiger partial charge in [-0.05, 0) is 17.7 Å². The second-order valence-corrected chi connectivity index (χ2v) is 6.14. The van der Waals surface area contributed by atoms with Crippen LogP contribution in [0.1, 0.15) is 15.9 Å². The predicted molar refractivity (Wildman–Crippen MR) is 97.3 cm³/mol. The topological polar surface area (TPSA) is 79.5 Å². The maximum atomic E-state index is 13.4. The lowest BCUT2D eigenvalue weighted by atomic mass is 10.1. The number of carbonyl (C=O) groups is 2. The SMILES string of the molecule is COC(=O)[C@H]1Cc2ccccc2N1C(=O)c1cc(=O)[nH]c2ccccc12. The Morgan fingerprint density at radius 3 is 2.65 bits per heavy atom. The van der Waals surface area contributed by atoms with Gasteiger partial charge in [0.25, 0.3) is 5.91 Å². The monoisotopic (exact) mass is 348 g/mol. The number of aromatic nitrogens is 1. The number of H-pyrrole nitrogens is 1. The number of rotatable bonds is 2. The van der Waals surface area contributed by atoms with Gasteiger partial charge in [-0.3, -0.25) is 14.5 Å². The summed E-state index contributed by atoms with van der Waals surface area (Å²) in [5, 5.41) is 0.630. The van der Waals surface area contributed by atoms with Gasteiger partial charge >= 0.3 is 5.97 Å². The van der Waals surface area contributed by atoms with Crippen LogP contribution in [-0.2, 0) is 16.0 Å². The lowest BCUT2D eigenvalue weighted by molar-refractivity contribution is -0.141. The Morgan fingerprint density at radius 2 is 1.85 bits per heavy atom. The van der Waals surface area contributed by atoms with Gasteiger partial charge in [-0.25, -0.2) is 4.79 Å². The molecule has 4 rings (SSSR count). The van der Waals surface area contributed by atoms with Crippen molar-refractivity contribution in [3.63, 3.8) is 0 Å². The number of ether oxygens (including phenoxy) is 1. The quantitative estimate of drug-likeness (QED) is 0.721. The number of fused-ring (bicyclic) bond motifs is 2. The maximum absolute atomic E-state index is 13.4. The van der Waals surface area contributed by atoms with Gasteiger partial charge in [-0.1, -0.05) is 36.4 Å². The first kappa shape index (κ1) is 16.1. The van der Waals surface area contributed by atoms with Crippen molar-refractivity contribution < 1.29 is 14.3 Å². The number of hydrogen-bond acceptors (Lipinski definition) is 4. The van der Waals surface area contributed by atoms with Gasteiger partial charge in [0.05, 0.1) is 12.7 Å². The summed E-state index contributed by atoms with van der Waals surface area (Å²) >= 11 is 0. The molecule has 26 heavy (non-hydrogen) atoms. The Bertz CT molecular complexity index is 1090. The summed E-state index contributed by atoms with van der Waals surface area (Å²) in [7, 11) is 1.30. The van der Waals surface area contributed by atoms with Crippen LogP contribution in [0.5, 0.6) is 0 Å². The molecule has 0 saturated carbocycles. The van der Waals surface area contributed by atoms with E-state index in [0.717, 1.165) is 5.56 Å². The molecule has 1 aliphatic rings. The van der Waals surface area contributed by atoms with E-state index < -0.39 is 17.9 Å². The number of para-hydroxylation sites is 2. The molecule has 0 saturated heterocycles. The molecule has 1 atom stereocenters. The molecule has 1 aromatic heterocycles. The molecule has 6 nitrogen and oxygen atoms in total. The minimum Gasteiger partial charge on any atom is -0.467 e. The summed E-state index contributed by atoms with van der Waals surface area (Å²) in [5.41, 5.74) is 2.03. The molecule has 0 bridgehead atoms. The molecule has 6 heteroatoms. The third-order valence-corrected chi connectivity index (χ3v) is 4.65. The van der Waals surface area contributed by atoms with Crippen LogP contribution in [0.2, 0.25) is 0 Å². The number of nitrogens with zero attached hydrogens (tertiary/aromatic N) is 1. The second-order valence-electron chi connectivity index (χ2n) is 6.14. The van der Waals surface area contributed by atoms with E-state index in [1.165, 1.54) is 18.1 Å². The number of amides is 1. The van der Waals surface area contributed by atoms with Crippen LogP contribution < -0.4 is 10.5 Å². The molecule has 1 aliphatic heterocycles. The van der Waals surface area contributed by atoms with Crippen LogP contribution >= 0.6 is 0 Å². The number of hydrogen-bond donors (Lipinski definition) is 1. The minimum absolute atomic E-state index is 0.259. The Morgan fingerprint density at radius 1 is 1.12 bits per heavy atom. The lowest BCUT2D eigenvalue weighted by Gasteiger charge is -2.24. The zero-order valence-corrected chi connectivity index (χ0v) is 14.1. The summed E-state index contributed by atoms with van der Waals surface area (Å²) in [4.78, 5) is 41.8. The standard InChI is InChI=1S/C20H16N2O4/c1-26-20(25)17-10-12-6-2-5-9-16(12)22(17)19(24)14-11-18(23)21-15-8-4-3-7-13(14)15/h2-9,11,17H,10H2,1H3,(H,21,23)/t17-/m1/s1. The van der Waals surface area contributed by atoms with Gasteiger partial charge in [0.15, 0.2) is 0 Å². The van der Waals surface area contributed by atoms with Crippen LogP contribution in [0.25, 0.3) is 10.9 Å². The average molecular weight is 348 g/mol. The van der Waals surface area contributed by atoms with Crippen LogP contribution in [0, 0.1) is 0 Å². The van der Waals surface area contributed by atoms with Crippen molar-refractivity contribution in [2.75, 3.05) is 12.0 Å². The number of aromatic amines is 1. The van der Waals surface area contributed by atoms with Gasteiger partial charge < -0.3 is 9.72 Å². The lowest BCUT2D eigenvalue weighted by Crippen LogP contribution is -2.43. The summed E-state index contributed by atoms with van der Waals surface area (Å²) in [6.45, 7) is 0. The zero-order chi connectivity index (χ0) is 18.3. The number of pyridine rings is 1. The van der Waals surface area contributed by atoms with Crippen molar-refractivity contribution in [3.05, 3.63) is 76.1 Å². The van der Waals surface area contributed by atoms with E-state index in [2.05, 4.69) is 4.98 Å². The summed E-state index contributed by atoms with van der Waals surface area (Å²) < 4.78 is 4.89. The van der Waals surface area contributed by atoms with Crippen LogP contribution in [-0.4, -0.2) is 30.0 Å². The first-order valence-corrected chi connectivity index (χ1v) is 8.21. The van der Waals surface area contributed by atoms with E-state index in [-0.39, 0.29) is 11.1 Å². The molecular formula is C20H16N2O4. The second kappa shape index (κ2) is 6.15. The molecule has 0 aliphatic carbocycles. The number of esters is 1. The van der Waals surface area contributed by atoms with E-state index in [0.29, 0.717) is 23.0 Å². The molecular weight excluding hydrogens is 332 g/mol. The molecule has 0 fully saturated rings. The van der Waals surface area contributed by atoms with E-state index in [1.807, 2.05) is 18.2 Å². The normalized spacial score (nSPS) is 15.7. The van der Waals surface area contributed by atoms with Gasteiger partial charge in [0.2, 0.25) is 5.56 Å². The highest BCUT2D eigenvalue weighted by atomic mass is 16.5. The smallest absolute Gasteiger partial charge is 0.329 e. The van der Waals surface area contributed by atoms with E-state index in [9.17, 15) is 14.4 Å². The first-order valence-electron chi connectivity index (χ1n) is 8.21. The zero-order valence-electron chi connectivity index (χ0n) is 14.1. The molecule has 1 N–H and O–H groups in total. The summed E-state index contributed by atoms with van der Waals surface area (Å²) in [5.74, 6) is -0.878. The molecule has 0 spiro atoms. The highest BCUT2D eigenvalue weighted by molar-refractivity contribution is 6.16. The van der Waals surface area contributed by atoms with Crippen molar-refractivity contribution in [2.45, 2.75) is 12.5 Å². The minimum atomic E-state index is -0.747. The molecule has 2 aromatic carbocycles. The number of benzene rings is 2. The van der Waals surface area contributed by atoms with Gasteiger partial charge in [0, 0.05) is 29.1 Å². The van der Waals surface area contributed by atoms with Crippen molar-refractivity contribution in [1.29, 1.82) is 0 Å². The van der Waals surface area contributed by atoms with Crippen molar-refractivity contribution in [1.82, 2.24) is 4.98 Å². The van der Waals surface area contributed by atoms with E-state index in [1.54, 1.807) is 30.3 Å². The van der Waals surface area contributed by atoms with E-state index in [4.69, 9.17) is 4.74 Å². The van der Waals surface area contributed by atoms with Crippen molar-refractivity contribution in [2.24, 2.45) is 0 Å². The fourth-order valence-electron chi connectivity index (χ4n) is 3.47. The Kier molecular flexibility index (Phi) is 3.80. The predicted octanol–water partition coefficient (Wildman–Crippen LogP) is 2.27. The third kappa shape index (κ3) is 2.47. The molecule has 3 aromatic rings. The van der Waals surface area contributed by atoms with Crippen molar-refractivity contribution in [3.8, 4) is 0 Å². The fraction of sp³-hybridized carbons (Fsp3) is 0.150. The van der Waals surface area contributed by atoms with E-state index >= 15 is 0 Å². The van der Waals surface area contributed by atoms with Gasteiger partial charge in [-0.2, -0.15) is 0 Å². The third-order valence-electron chi connectivity index (χ3n) is 4.65. The van der Waals surface area contributed by atoms with Crippen LogP contribution in [0.4, 0.5) is 5.69 Å². The highest BCUT2D eigenvalue weighted by Crippen LogP contribution is 2.34. The number of methoxy groups -OCH3 is 1. The number of carbonyl (C=O) groups excluding carboxylic acids is 2. The fourth-order valence-corrected chi connectivity index (χ4v) is 3.47. The van der Waals surface area contributed by atoms with Crippen LogP contribution in [0.15, 0.2) is 59.4 Å². The molecule has 0 unspecified atom stereocenters. The number of nitrogens with one attached hydrogen (secondary N) is 1. The van der Waals surface area contributed by atoms with Crippen molar-refractivity contribution >= 4 is 28.5 Å². The number of anilines is 1. The highest BCUT2D eigenvalue weighted by Gasteiger charge is 2.39. The first-order chi connectivity index (χ1) is 12.6. The molecule has 0 radical (unpaired) electrons. The largest absolute Gasteiger partial charge is 0.467 e. The van der Waals surface area contributed by atoms with Crippen LogP contribution in [0.3, 0.4) is 0 Å². The average Bonchev–Trinajstić information content (AvgIpc) is 3.05. The van der Waals surface area contributed by atoms with Gasteiger partial charge in [-0.15, -0.1) is 0 Å². The summed E-state index contributed by atoms with van der Waals surface area (Å²) in [6, 6.07) is 15.0. The molecule has 2 heterocycles. The molecule has 130 valence electrons. The van der Waals surface area contributed by atoms with Gasteiger partial charge in [0.1, 0.15) is 6.04 Å².